The van der Waals surface area contributed by atoms with Gasteiger partial charge in [0.15, 0.2) is 0 Å². The number of esters is 1. The molecule has 3 aliphatic rings. The zero-order valence-electron chi connectivity index (χ0n) is 11.8. The molecule has 1 N–H and O–H groups in total. The molecule has 6 heteroatoms. The topological polar surface area (TPSA) is 65.0 Å². The lowest BCUT2D eigenvalue weighted by molar-refractivity contribution is -0.425. The minimum atomic E-state index is -1.08. The largest absolute Gasteiger partial charge is 0.435 e. The number of alkyl halides is 1. The molecule has 3 fully saturated rings. The summed E-state index contributed by atoms with van der Waals surface area (Å²) < 4.78 is 11.9. The van der Waals surface area contributed by atoms with Gasteiger partial charge >= 0.3 is 5.97 Å². The third-order valence-electron chi connectivity index (χ3n) is 5.28. The lowest BCUT2D eigenvalue weighted by Gasteiger charge is -2.48. The summed E-state index contributed by atoms with van der Waals surface area (Å²) in [5.74, 6) is -0.348. The standard InChI is InChI=1S/C14H21IO5/c1-7-8-3-4-10(15)9-5-6-14(2,20-17)19-13(11(8)9)18-12(7)16/h7-11,13,17H,3-6H2,1-2H3/t7?,8?,9?,10?,11?,13-,14?/m1/s1. The summed E-state index contributed by atoms with van der Waals surface area (Å²) in [6.45, 7) is 3.66. The molecule has 0 aromatic heterocycles. The number of carbonyl (C=O) groups is 1. The first-order valence-corrected chi connectivity index (χ1v) is 8.55. The fraction of sp³-hybridized carbons (Fsp3) is 0.929. The molecule has 6 unspecified atom stereocenters. The number of ether oxygens (including phenoxy) is 2. The van der Waals surface area contributed by atoms with Crippen LogP contribution in [0.5, 0.6) is 0 Å². The van der Waals surface area contributed by atoms with Gasteiger partial charge < -0.3 is 9.47 Å². The van der Waals surface area contributed by atoms with Crippen LogP contribution in [0, 0.1) is 23.7 Å². The Bertz CT molecular complexity index is 403. The predicted octanol–water partition coefficient (Wildman–Crippen LogP) is 2.97. The first-order chi connectivity index (χ1) is 9.45. The molecule has 0 radical (unpaired) electrons. The van der Waals surface area contributed by atoms with Gasteiger partial charge in [-0.05, 0) is 38.0 Å². The summed E-state index contributed by atoms with van der Waals surface area (Å²) >= 11 is 2.51. The van der Waals surface area contributed by atoms with Gasteiger partial charge in [-0.15, -0.1) is 0 Å². The smallest absolute Gasteiger partial charge is 0.311 e. The Morgan fingerprint density at radius 1 is 1.35 bits per heavy atom. The van der Waals surface area contributed by atoms with Crippen molar-refractivity contribution in [2.24, 2.45) is 23.7 Å². The van der Waals surface area contributed by atoms with Crippen molar-refractivity contribution in [1.82, 2.24) is 0 Å². The lowest BCUT2D eigenvalue weighted by Crippen LogP contribution is -2.53. The zero-order valence-corrected chi connectivity index (χ0v) is 13.9. The molecule has 0 aromatic rings. The van der Waals surface area contributed by atoms with E-state index < -0.39 is 12.1 Å². The second kappa shape index (κ2) is 5.37. The highest BCUT2D eigenvalue weighted by molar-refractivity contribution is 14.1. The second-order valence-electron chi connectivity index (χ2n) is 6.47. The van der Waals surface area contributed by atoms with Crippen molar-refractivity contribution in [1.29, 1.82) is 0 Å². The first-order valence-electron chi connectivity index (χ1n) is 7.30. The highest BCUT2D eigenvalue weighted by Crippen LogP contribution is 2.52. The van der Waals surface area contributed by atoms with Crippen LogP contribution < -0.4 is 0 Å². The molecule has 2 saturated heterocycles. The molecule has 2 heterocycles. The van der Waals surface area contributed by atoms with Crippen LogP contribution in [-0.4, -0.2) is 27.2 Å². The summed E-state index contributed by atoms with van der Waals surface area (Å²) in [4.78, 5) is 16.6. The molecule has 5 nitrogen and oxygen atoms in total. The molecular formula is C14H21IO5. The molecule has 0 bridgehead atoms. The van der Waals surface area contributed by atoms with Gasteiger partial charge in [0.2, 0.25) is 12.1 Å². The lowest BCUT2D eigenvalue weighted by atomic mass is 9.65. The van der Waals surface area contributed by atoms with E-state index in [1.54, 1.807) is 6.92 Å². The Hall–Kier alpha value is 0.0800. The minimum absolute atomic E-state index is 0.0642. The van der Waals surface area contributed by atoms with Crippen LogP contribution in [0.3, 0.4) is 0 Å². The van der Waals surface area contributed by atoms with Crippen LogP contribution in [0.1, 0.15) is 39.5 Å². The van der Waals surface area contributed by atoms with E-state index in [2.05, 4.69) is 27.5 Å². The van der Waals surface area contributed by atoms with E-state index in [1.165, 1.54) is 0 Å². The van der Waals surface area contributed by atoms with Crippen LogP contribution in [-0.2, 0) is 19.2 Å². The van der Waals surface area contributed by atoms with Crippen molar-refractivity contribution < 1.29 is 24.4 Å². The van der Waals surface area contributed by atoms with Crippen LogP contribution >= 0.6 is 22.6 Å². The molecule has 0 aromatic carbocycles. The van der Waals surface area contributed by atoms with Gasteiger partial charge in [-0.3, -0.25) is 4.79 Å². The number of hydrogen-bond donors (Lipinski definition) is 1. The highest BCUT2D eigenvalue weighted by atomic mass is 127. The van der Waals surface area contributed by atoms with E-state index in [-0.39, 0.29) is 17.8 Å². The number of hydrogen-bond acceptors (Lipinski definition) is 5. The summed E-state index contributed by atoms with van der Waals surface area (Å²) in [6.07, 6.45) is 3.12. The monoisotopic (exact) mass is 396 g/mol. The third-order valence-corrected chi connectivity index (χ3v) is 6.83. The van der Waals surface area contributed by atoms with E-state index in [0.29, 0.717) is 22.2 Å². The van der Waals surface area contributed by atoms with E-state index in [0.717, 1.165) is 19.3 Å². The van der Waals surface area contributed by atoms with Crippen molar-refractivity contribution in [3.63, 3.8) is 0 Å². The van der Waals surface area contributed by atoms with Gasteiger partial charge in [-0.1, -0.05) is 29.5 Å². The van der Waals surface area contributed by atoms with Gasteiger partial charge in [-0.2, -0.15) is 0 Å². The van der Waals surface area contributed by atoms with Crippen molar-refractivity contribution in [2.45, 2.75) is 55.5 Å². The number of halogens is 1. The summed E-state index contributed by atoms with van der Waals surface area (Å²) in [7, 11) is 0. The summed E-state index contributed by atoms with van der Waals surface area (Å²) in [5, 5.41) is 9.12. The van der Waals surface area contributed by atoms with Crippen molar-refractivity contribution in [2.75, 3.05) is 0 Å². The maximum atomic E-state index is 12.0. The van der Waals surface area contributed by atoms with Crippen LogP contribution in [0.15, 0.2) is 0 Å². The maximum absolute atomic E-state index is 12.0. The number of carbonyl (C=O) groups excluding carboxylic acids is 1. The SMILES string of the molecule is CC1C(=O)O[C@@H]2OC(C)(OO)CCC3C(I)CCC1C32. The predicted molar refractivity (Wildman–Crippen MR) is 79.0 cm³/mol. The minimum Gasteiger partial charge on any atom is -0.435 e. The Kier molecular flexibility index (Phi) is 4.03. The molecule has 0 amide bonds. The average Bonchev–Trinajstić information content (AvgIpc) is 2.57. The molecule has 1 aliphatic carbocycles. The average molecular weight is 396 g/mol. The molecule has 114 valence electrons. The molecule has 2 aliphatic heterocycles. The molecule has 7 atom stereocenters. The van der Waals surface area contributed by atoms with E-state index in [9.17, 15) is 4.79 Å². The van der Waals surface area contributed by atoms with Gasteiger partial charge in [0, 0.05) is 16.3 Å². The quantitative estimate of drug-likeness (QED) is 0.243. The summed E-state index contributed by atoms with van der Waals surface area (Å²) in [6, 6.07) is 0. The van der Waals surface area contributed by atoms with Crippen LogP contribution in [0.25, 0.3) is 0 Å². The second-order valence-corrected chi connectivity index (χ2v) is 8.07. The molecular weight excluding hydrogens is 375 g/mol. The Morgan fingerprint density at radius 2 is 2.10 bits per heavy atom. The fourth-order valence-corrected chi connectivity index (χ4v) is 5.25. The molecule has 20 heavy (non-hydrogen) atoms. The normalized spacial score (nSPS) is 51.9. The van der Waals surface area contributed by atoms with E-state index in [4.69, 9.17) is 14.7 Å². The van der Waals surface area contributed by atoms with E-state index >= 15 is 0 Å². The van der Waals surface area contributed by atoms with Crippen molar-refractivity contribution in [3.8, 4) is 0 Å². The highest BCUT2D eigenvalue weighted by Gasteiger charge is 2.55. The molecule has 0 spiro atoms. The Labute approximate surface area is 132 Å². The van der Waals surface area contributed by atoms with Crippen LogP contribution in [0.2, 0.25) is 0 Å². The van der Waals surface area contributed by atoms with Gasteiger partial charge in [0.1, 0.15) is 0 Å². The maximum Gasteiger partial charge on any atom is 0.311 e. The van der Waals surface area contributed by atoms with Crippen LogP contribution in [0.4, 0.5) is 0 Å². The van der Waals surface area contributed by atoms with Crippen molar-refractivity contribution >= 4 is 28.6 Å². The fourth-order valence-electron chi connectivity index (χ4n) is 4.06. The summed E-state index contributed by atoms with van der Waals surface area (Å²) in [5.41, 5.74) is 0. The van der Waals surface area contributed by atoms with Gasteiger partial charge in [-0.25, -0.2) is 10.1 Å². The molecule has 1 saturated carbocycles. The third kappa shape index (κ3) is 2.38. The zero-order chi connectivity index (χ0) is 14.5. The molecule has 3 rings (SSSR count). The van der Waals surface area contributed by atoms with E-state index in [1.807, 2.05) is 6.92 Å². The Balaban J connectivity index is 1.94. The van der Waals surface area contributed by atoms with Crippen molar-refractivity contribution in [3.05, 3.63) is 0 Å². The first kappa shape index (κ1) is 15.0. The van der Waals surface area contributed by atoms with Gasteiger partial charge in [0.25, 0.3) is 0 Å². The number of rotatable bonds is 1. The Morgan fingerprint density at radius 3 is 2.80 bits per heavy atom. The van der Waals surface area contributed by atoms with Gasteiger partial charge in [0.05, 0.1) is 5.92 Å².